The van der Waals surface area contributed by atoms with Crippen LogP contribution in [0.1, 0.15) is 48.5 Å². The summed E-state index contributed by atoms with van der Waals surface area (Å²) in [4.78, 5) is 46.8. The molecular formula is C31H34N6O3S2. The van der Waals surface area contributed by atoms with Crippen LogP contribution in [0.4, 0.5) is 11.5 Å². The van der Waals surface area contributed by atoms with Gasteiger partial charge >= 0.3 is 0 Å². The lowest BCUT2D eigenvalue weighted by molar-refractivity contribution is -0.124. The Morgan fingerprint density at radius 2 is 2.02 bits per heavy atom. The standard InChI is InChI=1S/C17H18N6O2S.C14H16OS/c1-19-11-8-21-15-3-2-12(23(15)17(11)25)16(24)22-7-10-4-9-6-20-14(18)5-13(9)26-10;1-3-4-10-14(16-12(2)11-15)13-8-6-5-7-9-13/h4-6,8,12,19H,2-3,7H2,1H3,(H2,18,20)(H,22,24);5-11H,2-4H2,1H3/b;14-10-. The zero-order valence-corrected chi connectivity index (χ0v) is 25.3. The highest BCUT2D eigenvalue weighted by Gasteiger charge is 2.30. The molecule has 9 nitrogen and oxygen atoms in total. The first-order valence-corrected chi connectivity index (χ1v) is 15.2. The largest absolute Gasteiger partial charge is 0.384 e. The van der Waals surface area contributed by atoms with Gasteiger partial charge in [-0.2, -0.15) is 0 Å². The van der Waals surface area contributed by atoms with E-state index in [4.69, 9.17) is 5.73 Å². The average Bonchev–Trinajstić information content (AvgIpc) is 3.63. The van der Waals surface area contributed by atoms with Crippen LogP contribution in [-0.4, -0.2) is 33.8 Å². The number of fused-ring (bicyclic) bond motifs is 2. The molecule has 1 aliphatic heterocycles. The number of pyridine rings is 1. The summed E-state index contributed by atoms with van der Waals surface area (Å²) in [6.07, 6.45) is 9.52. The maximum Gasteiger partial charge on any atom is 0.277 e. The van der Waals surface area contributed by atoms with E-state index < -0.39 is 6.04 Å². The van der Waals surface area contributed by atoms with Crippen molar-refractivity contribution in [2.45, 2.75) is 45.2 Å². The Labute approximate surface area is 253 Å². The number of hydrogen-bond donors (Lipinski definition) is 3. The molecule has 1 aromatic carbocycles. The van der Waals surface area contributed by atoms with Crippen LogP contribution in [0, 0.1) is 0 Å². The van der Waals surface area contributed by atoms with Crippen LogP contribution in [0.15, 0.2) is 77.2 Å². The molecule has 4 heterocycles. The molecule has 1 aliphatic rings. The maximum atomic E-state index is 12.7. The first-order chi connectivity index (χ1) is 20.3. The van der Waals surface area contributed by atoms with Gasteiger partial charge in [-0.25, -0.2) is 9.97 Å². The van der Waals surface area contributed by atoms with Crippen LogP contribution in [0.3, 0.4) is 0 Å². The number of thioether (sulfide) groups is 1. The Bertz CT molecular complexity index is 1660. The van der Waals surface area contributed by atoms with Gasteiger partial charge in [-0.1, -0.05) is 68.1 Å². The number of aryl methyl sites for hydroxylation is 1. The second-order valence-electron chi connectivity index (χ2n) is 9.55. The molecule has 4 N–H and O–H groups in total. The topological polar surface area (TPSA) is 132 Å². The average molecular weight is 603 g/mol. The summed E-state index contributed by atoms with van der Waals surface area (Å²) in [6.45, 7) is 6.24. The summed E-state index contributed by atoms with van der Waals surface area (Å²) < 4.78 is 2.53. The lowest BCUT2D eigenvalue weighted by Crippen LogP contribution is -2.36. The normalized spacial score (nSPS) is 14.0. The summed E-state index contributed by atoms with van der Waals surface area (Å²) >= 11 is 3.00. The number of nitrogens with zero attached hydrogens (tertiary/aromatic N) is 3. The van der Waals surface area contributed by atoms with E-state index in [0.29, 0.717) is 41.6 Å². The molecule has 0 bridgehead atoms. The van der Waals surface area contributed by atoms with Crippen molar-refractivity contribution in [1.82, 2.24) is 19.9 Å². The molecule has 218 valence electrons. The highest BCUT2D eigenvalue weighted by atomic mass is 32.2. The van der Waals surface area contributed by atoms with Crippen molar-refractivity contribution in [1.29, 1.82) is 0 Å². The zero-order valence-electron chi connectivity index (χ0n) is 23.6. The van der Waals surface area contributed by atoms with Gasteiger partial charge in [0.2, 0.25) is 5.91 Å². The Balaban J connectivity index is 0.000000219. The van der Waals surface area contributed by atoms with E-state index in [1.54, 1.807) is 24.6 Å². The van der Waals surface area contributed by atoms with E-state index in [0.717, 1.165) is 44.6 Å². The minimum absolute atomic E-state index is 0.170. The SMILES string of the molecule is C=C(C=O)S/C(=C\CCC)c1ccccc1.CNc1cnc2n(c1=O)C(C(=O)NCc1cc3cnc(N)cc3s1)CC2. The molecule has 5 rings (SSSR count). The number of aldehydes is 1. The van der Waals surface area contributed by atoms with E-state index >= 15 is 0 Å². The van der Waals surface area contributed by atoms with Crippen molar-refractivity contribution in [2.75, 3.05) is 18.1 Å². The quantitative estimate of drug-likeness (QED) is 0.159. The zero-order chi connectivity index (χ0) is 30.1. The molecule has 1 unspecified atom stereocenters. The van der Waals surface area contributed by atoms with E-state index in [1.165, 1.54) is 22.5 Å². The smallest absolute Gasteiger partial charge is 0.277 e. The fourth-order valence-corrected chi connectivity index (χ4v) is 6.28. The van der Waals surface area contributed by atoms with Crippen molar-refractivity contribution >= 4 is 61.8 Å². The molecule has 3 aromatic heterocycles. The second-order valence-corrected chi connectivity index (χ2v) is 11.9. The number of carbonyl (C=O) groups excluding carboxylic acids is 2. The molecular weight excluding hydrogens is 569 g/mol. The van der Waals surface area contributed by atoms with Crippen molar-refractivity contribution < 1.29 is 9.59 Å². The van der Waals surface area contributed by atoms with Crippen LogP contribution in [0.2, 0.25) is 0 Å². The maximum absolute atomic E-state index is 12.7. The molecule has 0 saturated carbocycles. The molecule has 0 aliphatic carbocycles. The van der Waals surface area contributed by atoms with Crippen LogP contribution in [0.25, 0.3) is 15.0 Å². The van der Waals surface area contributed by atoms with Gasteiger partial charge in [0, 0.05) is 44.4 Å². The summed E-state index contributed by atoms with van der Waals surface area (Å²) in [5, 5.41) is 6.75. The minimum atomic E-state index is -0.523. The van der Waals surface area contributed by atoms with Crippen molar-refractivity contribution in [3.8, 4) is 0 Å². The number of aromatic nitrogens is 3. The Morgan fingerprint density at radius 3 is 2.74 bits per heavy atom. The van der Waals surface area contributed by atoms with Crippen LogP contribution in [-0.2, 0) is 22.6 Å². The Morgan fingerprint density at radius 1 is 1.24 bits per heavy atom. The van der Waals surface area contributed by atoms with E-state index in [9.17, 15) is 14.4 Å². The number of anilines is 2. The second kappa shape index (κ2) is 14.6. The minimum Gasteiger partial charge on any atom is -0.384 e. The first kappa shape index (κ1) is 30.7. The summed E-state index contributed by atoms with van der Waals surface area (Å²) in [6, 6.07) is 13.4. The number of hydrogen-bond acceptors (Lipinski definition) is 9. The van der Waals surface area contributed by atoms with Gasteiger partial charge in [-0.05, 0) is 30.5 Å². The first-order valence-electron chi connectivity index (χ1n) is 13.6. The molecule has 0 radical (unpaired) electrons. The van der Waals surface area contributed by atoms with Gasteiger partial charge in [-0.15, -0.1) is 11.3 Å². The summed E-state index contributed by atoms with van der Waals surface area (Å²) in [5.74, 6) is 0.957. The molecule has 42 heavy (non-hydrogen) atoms. The van der Waals surface area contributed by atoms with Crippen molar-refractivity contribution in [3.63, 3.8) is 0 Å². The number of thiophene rings is 1. The van der Waals surface area contributed by atoms with Gasteiger partial charge in [0.25, 0.3) is 5.56 Å². The van der Waals surface area contributed by atoms with Gasteiger partial charge in [0.1, 0.15) is 23.4 Å². The lowest BCUT2D eigenvalue weighted by atomic mass is 10.2. The molecule has 11 heteroatoms. The van der Waals surface area contributed by atoms with E-state index in [2.05, 4.69) is 40.2 Å². The number of carbonyl (C=O) groups is 2. The monoisotopic (exact) mass is 602 g/mol. The Hall–Kier alpha value is -4.22. The molecule has 0 fully saturated rings. The third-order valence-electron chi connectivity index (χ3n) is 6.55. The number of amides is 1. The van der Waals surface area contributed by atoms with E-state index in [-0.39, 0.29) is 11.5 Å². The van der Waals surface area contributed by atoms with Gasteiger partial charge < -0.3 is 16.4 Å². The lowest BCUT2D eigenvalue weighted by Gasteiger charge is -2.14. The van der Waals surface area contributed by atoms with Crippen LogP contribution >= 0.6 is 23.1 Å². The number of unbranched alkanes of at least 4 members (excludes halogenated alkanes) is 1. The third kappa shape index (κ3) is 7.54. The number of nitrogen functional groups attached to an aromatic ring is 1. The van der Waals surface area contributed by atoms with Crippen LogP contribution < -0.4 is 21.9 Å². The number of rotatable bonds is 10. The van der Waals surface area contributed by atoms with E-state index in [1.807, 2.05) is 42.5 Å². The summed E-state index contributed by atoms with van der Waals surface area (Å²) in [5.41, 5.74) is 7.03. The van der Waals surface area contributed by atoms with Crippen LogP contribution in [0.5, 0.6) is 0 Å². The number of benzene rings is 1. The number of nitrogens with two attached hydrogens (primary N) is 1. The number of nitrogens with one attached hydrogen (secondary N) is 2. The molecule has 1 atom stereocenters. The third-order valence-corrected chi connectivity index (χ3v) is 8.63. The summed E-state index contributed by atoms with van der Waals surface area (Å²) in [7, 11) is 1.67. The highest BCUT2D eigenvalue weighted by Crippen LogP contribution is 2.32. The fraction of sp³-hybridized carbons (Fsp3) is 0.258. The Kier molecular flexibility index (Phi) is 10.7. The molecule has 4 aromatic rings. The van der Waals surface area contributed by atoms with Crippen molar-refractivity contribution in [3.05, 3.63) is 99.0 Å². The number of allylic oxidation sites excluding steroid dienone is 2. The van der Waals surface area contributed by atoms with Crippen molar-refractivity contribution in [2.24, 2.45) is 0 Å². The highest BCUT2D eigenvalue weighted by molar-refractivity contribution is 8.12. The van der Waals surface area contributed by atoms with Gasteiger partial charge in [0.05, 0.1) is 12.7 Å². The van der Waals surface area contributed by atoms with Gasteiger partial charge in [-0.3, -0.25) is 19.0 Å². The molecule has 1 amide bonds. The predicted molar refractivity (Wildman–Crippen MR) is 173 cm³/mol. The van der Waals surface area contributed by atoms with Gasteiger partial charge in [0.15, 0.2) is 6.29 Å². The molecule has 0 spiro atoms. The molecule has 0 saturated heterocycles. The predicted octanol–water partition coefficient (Wildman–Crippen LogP) is 5.55. The fourth-order valence-electron chi connectivity index (χ4n) is 4.47.